The van der Waals surface area contributed by atoms with Gasteiger partial charge in [0.15, 0.2) is 0 Å². The van der Waals surface area contributed by atoms with Crippen LogP contribution in [0.1, 0.15) is 13.3 Å². The van der Waals surface area contributed by atoms with Gasteiger partial charge in [-0.15, -0.1) is 0 Å². The van der Waals surface area contributed by atoms with Crippen molar-refractivity contribution in [2.45, 2.75) is 25.1 Å². The number of nitrogens with one attached hydrogen (secondary N) is 2. The Labute approximate surface area is 127 Å². The molecule has 5 N–H and O–H groups in total. The van der Waals surface area contributed by atoms with Gasteiger partial charge in [0.05, 0.1) is 0 Å². The van der Waals surface area contributed by atoms with Gasteiger partial charge in [-0.1, -0.05) is 18.2 Å². The number of amides is 4. The summed E-state index contributed by atoms with van der Waals surface area (Å²) in [7, 11) is 0. The Hall–Kier alpha value is -2.61. The number of hydrogen-bond donors (Lipinski definition) is 4. The lowest BCUT2D eigenvalue weighted by Gasteiger charge is -2.25. The van der Waals surface area contributed by atoms with Crippen LogP contribution in [-0.2, 0) is 9.59 Å². The number of benzene rings is 1. The summed E-state index contributed by atoms with van der Waals surface area (Å²) in [5.74, 6) is -1.42. The summed E-state index contributed by atoms with van der Waals surface area (Å²) >= 11 is 0. The summed E-state index contributed by atoms with van der Waals surface area (Å²) in [4.78, 5) is 36.4. The van der Waals surface area contributed by atoms with Crippen molar-refractivity contribution in [2.24, 2.45) is 5.73 Å². The average Bonchev–Trinajstić information content (AvgIpc) is 2.75. The zero-order valence-corrected chi connectivity index (χ0v) is 12.1. The van der Waals surface area contributed by atoms with Crippen LogP contribution in [0.2, 0.25) is 0 Å². The van der Waals surface area contributed by atoms with Crippen LogP contribution in [0.4, 0.5) is 10.5 Å². The van der Waals surface area contributed by atoms with Crippen molar-refractivity contribution in [3.05, 3.63) is 30.3 Å². The van der Waals surface area contributed by atoms with Gasteiger partial charge in [0.25, 0.3) is 5.91 Å². The monoisotopic (exact) mass is 306 g/mol. The van der Waals surface area contributed by atoms with Crippen molar-refractivity contribution >= 4 is 23.5 Å². The maximum atomic E-state index is 12.2. The maximum absolute atomic E-state index is 12.2. The number of aliphatic hydroxyl groups is 1. The number of rotatable bonds is 4. The number of primary amides is 1. The Bertz CT molecular complexity index is 592. The molecule has 1 aromatic rings. The number of nitrogens with zero attached hydrogens (tertiary/aromatic N) is 1. The molecule has 1 aromatic carbocycles. The molecule has 1 aliphatic heterocycles. The van der Waals surface area contributed by atoms with Crippen molar-refractivity contribution in [1.82, 2.24) is 10.2 Å². The first kappa shape index (κ1) is 15.8. The summed E-state index contributed by atoms with van der Waals surface area (Å²) in [5, 5.41) is 15.0. The molecule has 2 rings (SSSR count). The molecule has 0 radical (unpaired) electrons. The normalized spacial score (nSPS) is 22.3. The molecule has 0 bridgehead atoms. The predicted octanol–water partition coefficient (Wildman–Crippen LogP) is -0.397. The van der Waals surface area contributed by atoms with Gasteiger partial charge in [0.1, 0.15) is 6.04 Å². The minimum absolute atomic E-state index is 0.0222. The van der Waals surface area contributed by atoms with Crippen molar-refractivity contribution in [3.8, 4) is 0 Å². The number of carbonyl (C=O) groups is 3. The average molecular weight is 306 g/mol. The fourth-order valence-electron chi connectivity index (χ4n) is 2.24. The lowest BCUT2D eigenvalue weighted by atomic mass is 10.2. The lowest BCUT2D eigenvalue weighted by Crippen LogP contribution is -2.57. The van der Waals surface area contributed by atoms with Gasteiger partial charge < -0.3 is 26.4 Å². The summed E-state index contributed by atoms with van der Waals surface area (Å²) in [5.41, 5.74) is 3.64. The van der Waals surface area contributed by atoms with Crippen molar-refractivity contribution in [2.75, 3.05) is 11.9 Å². The van der Waals surface area contributed by atoms with E-state index in [0.29, 0.717) is 5.69 Å². The van der Waals surface area contributed by atoms with Crippen LogP contribution in [0.5, 0.6) is 0 Å². The van der Waals surface area contributed by atoms with Gasteiger partial charge in [0, 0.05) is 18.7 Å². The number of para-hydroxylation sites is 1. The van der Waals surface area contributed by atoms with Crippen molar-refractivity contribution < 1.29 is 19.5 Å². The molecule has 0 spiro atoms. The number of nitrogens with two attached hydrogens (primary N) is 1. The molecule has 1 saturated heterocycles. The fraction of sp³-hybridized carbons (Fsp3) is 0.357. The summed E-state index contributed by atoms with van der Waals surface area (Å²) in [6.45, 7) is 1.60. The van der Waals surface area contributed by atoms with Crippen molar-refractivity contribution in [1.29, 1.82) is 0 Å². The highest BCUT2D eigenvalue weighted by Gasteiger charge is 2.48. The molecular weight excluding hydrogens is 288 g/mol. The minimum Gasteiger partial charge on any atom is -0.368 e. The number of urea groups is 1. The number of hydrogen-bond acceptors (Lipinski definition) is 4. The van der Waals surface area contributed by atoms with Crippen LogP contribution in [0.15, 0.2) is 30.3 Å². The van der Waals surface area contributed by atoms with E-state index in [4.69, 9.17) is 5.73 Å². The zero-order chi connectivity index (χ0) is 16.3. The molecular formula is C14H18N4O4. The molecule has 1 aliphatic rings. The van der Waals surface area contributed by atoms with Gasteiger partial charge in [-0.25, -0.2) is 4.79 Å². The summed E-state index contributed by atoms with van der Waals surface area (Å²) < 4.78 is 0. The molecule has 1 heterocycles. The second kappa shape index (κ2) is 6.02. The molecule has 22 heavy (non-hydrogen) atoms. The molecule has 2 unspecified atom stereocenters. The smallest absolute Gasteiger partial charge is 0.321 e. The van der Waals surface area contributed by atoms with Gasteiger partial charge in [0.2, 0.25) is 11.6 Å². The molecule has 118 valence electrons. The first-order valence-corrected chi connectivity index (χ1v) is 6.80. The van der Waals surface area contributed by atoms with E-state index in [2.05, 4.69) is 10.6 Å². The third-order valence-corrected chi connectivity index (χ3v) is 3.56. The lowest BCUT2D eigenvalue weighted by molar-refractivity contribution is -0.148. The van der Waals surface area contributed by atoms with Gasteiger partial charge in [-0.05, 0) is 19.1 Å². The third kappa shape index (κ3) is 3.17. The van der Waals surface area contributed by atoms with E-state index in [1.54, 1.807) is 30.3 Å². The van der Waals surface area contributed by atoms with Crippen LogP contribution >= 0.6 is 0 Å². The van der Waals surface area contributed by atoms with Crippen LogP contribution in [-0.4, -0.2) is 46.2 Å². The van der Waals surface area contributed by atoms with E-state index < -0.39 is 29.6 Å². The van der Waals surface area contributed by atoms with E-state index in [0.717, 1.165) is 4.90 Å². The van der Waals surface area contributed by atoms with Crippen LogP contribution in [0.25, 0.3) is 0 Å². The number of likely N-dealkylation sites (tertiary alicyclic amines) is 1. The Morgan fingerprint density at radius 1 is 1.36 bits per heavy atom. The predicted molar refractivity (Wildman–Crippen MR) is 78.5 cm³/mol. The standard InChI is InChI=1S/C14H18N4O4/c1-9(11(15)19)18-8-7-14(22,12(18)20)17-13(21)16-10-5-3-2-4-6-10/h2-6,9,22H,7-8H2,1H3,(H2,15,19)(H2,16,17,21). The minimum atomic E-state index is -2.04. The van der Waals surface area contributed by atoms with E-state index in [9.17, 15) is 19.5 Å². The highest BCUT2D eigenvalue weighted by atomic mass is 16.3. The third-order valence-electron chi connectivity index (χ3n) is 3.56. The molecule has 0 aliphatic carbocycles. The molecule has 8 nitrogen and oxygen atoms in total. The van der Waals surface area contributed by atoms with E-state index in [1.807, 2.05) is 0 Å². The highest BCUT2D eigenvalue weighted by molar-refractivity contribution is 5.97. The Morgan fingerprint density at radius 3 is 2.59 bits per heavy atom. The quantitative estimate of drug-likeness (QED) is 0.565. The molecule has 0 aromatic heterocycles. The van der Waals surface area contributed by atoms with Crippen LogP contribution in [0.3, 0.4) is 0 Å². The van der Waals surface area contributed by atoms with Gasteiger partial charge in [-0.2, -0.15) is 0 Å². The Balaban J connectivity index is 2.01. The van der Waals surface area contributed by atoms with E-state index in [-0.39, 0.29) is 13.0 Å². The molecule has 4 amide bonds. The van der Waals surface area contributed by atoms with Gasteiger partial charge in [-0.3, -0.25) is 9.59 Å². The molecule has 1 fully saturated rings. The highest BCUT2D eigenvalue weighted by Crippen LogP contribution is 2.22. The second-order valence-corrected chi connectivity index (χ2v) is 5.13. The van der Waals surface area contributed by atoms with E-state index >= 15 is 0 Å². The first-order valence-electron chi connectivity index (χ1n) is 6.80. The maximum Gasteiger partial charge on any atom is 0.321 e. The van der Waals surface area contributed by atoms with E-state index in [1.165, 1.54) is 6.92 Å². The Morgan fingerprint density at radius 2 is 2.00 bits per heavy atom. The summed E-state index contributed by atoms with van der Waals surface area (Å²) in [6, 6.07) is 7.04. The molecule has 8 heteroatoms. The largest absolute Gasteiger partial charge is 0.368 e. The summed E-state index contributed by atoms with van der Waals surface area (Å²) in [6.07, 6.45) is -0.0222. The van der Waals surface area contributed by atoms with Crippen molar-refractivity contribution in [3.63, 3.8) is 0 Å². The van der Waals surface area contributed by atoms with Gasteiger partial charge >= 0.3 is 6.03 Å². The topological polar surface area (TPSA) is 125 Å². The second-order valence-electron chi connectivity index (χ2n) is 5.13. The van der Waals surface area contributed by atoms with Crippen LogP contribution < -0.4 is 16.4 Å². The van der Waals surface area contributed by atoms with Crippen LogP contribution in [0, 0.1) is 0 Å². The fourth-order valence-corrected chi connectivity index (χ4v) is 2.24. The zero-order valence-electron chi connectivity index (χ0n) is 12.1. The first-order chi connectivity index (χ1) is 10.3. The molecule has 0 saturated carbocycles. The Kier molecular flexibility index (Phi) is 4.32. The molecule has 2 atom stereocenters. The number of carbonyl (C=O) groups excluding carboxylic acids is 3. The SMILES string of the molecule is CC(C(N)=O)N1CCC(O)(NC(=O)Nc2ccccc2)C1=O. The number of anilines is 1.